The number of nitrogens with zero attached hydrogens (tertiary/aromatic N) is 1. The highest BCUT2D eigenvalue weighted by atomic mass is 16.4. The predicted octanol–water partition coefficient (Wildman–Crippen LogP) is 3.52. The summed E-state index contributed by atoms with van der Waals surface area (Å²) in [5.41, 5.74) is 8.71. The lowest BCUT2D eigenvalue weighted by Gasteiger charge is -2.24. The van der Waals surface area contributed by atoms with E-state index in [-0.39, 0.29) is 16.7 Å². The summed E-state index contributed by atoms with van der Waals surface area (Å²) in [5.74, 6) is -0.671. The first kappa shape index (κ1) is 14.6. The zero-order valence-corrected chi connectivity index (χ0v) is 13.0. The normalized spacial score (nSPS) is 12.9. The van der Waals surface area contributed by atoms with Crippen molar-refractivity contribution in [3.8, 4) is 0 Å². The van der Waals surface area contributed by atoms with Gasteiger partial charge in [0.25, 0.3) is 5.89 Å². The van der Waals surface area contributed by atoms with E-state index in [4.69, 9.17) is 10.2 Å². The number of amides is 1. The van der Waals surface area contributed by atoms with Crippen LogP contribution in [0.3, 0.4) is 0 Å². The Kier molecular flexibility index (Phi) is 3.16. The molecule has 0 aliphatic carbocycles. The maximum atomic E-state index is 11.3. The fourth-order valence-corrected chi connectivity index (χ4v) is 2.13. The Morgan fingerprint density at radius 1 is 1.10 bits per heavy atom. The van der Waals surface area contributed by atoms with E-state index in [0.717, 1.165) is 5.56 Å². The van der Waals surface area contributed by atoms with E-state index in [9.17, 15) is 4.79 Å². The van der Waals surface area contributed by atoms with Crippen LogP contribution in [-0.4, -0.2) is 10.9 Å². The topological polar surface area (TPSA) is 69.1 Å². The molecule has 0 radical (unpaired) electrons. The lowest BCUT2D eigenvalue weighted by atomic mass is 9.80. The van der Waals surface area contributed by atoms with Crippen molar-refractivity contribution in [3.63, 3.8) is 0 Å². The second-order valence-electron chi connectivity index (χ2n) is 7.26. The smallest absolute Gasteiger partial charge is 0.304 e. The second-order valence-corrected chi connectivity index (χ2v) is 7.26. The Bertz CT molecular complexity index is 670. The number of fused-ring (bicyclic) bond motifs is 1. The van der Waals surface area contributed by atoms with Crippen LogP contribution in [0.15, 0.2) is 16.5 Å². The molecule has 0 fully saturated rings. The molecule has 0 unspecified atom stereocenters. The molecule has 0 aliphatic rings. The van der Waals surface area contributed by atoms with Crippen molar-refractivity contribution in [3.05, 3.63) is 29.2 Å². The molecule has 1 aromatic heterocycles. The molecular formula is C16H22N2O2. The Balaban J connectivity index is 2.82. The molecule has 0 spiro atoms. The van der Waals surface area contributed by atoms with Crippen LogP contribution >= 0.6 is 0 Å². The SMILES string of the molecule is CC(C)(C)c1cc(C(C)(C)C)c2oc(C(N)=O)nc2c1. The molecule has 0 bridgehead atoms. The third kappa shape index (κ3) is 2.55. The van der Waals surface area contributed by atoms with Crippen molar-refractivity contribution in [1.82, 2.24) is 4.98 Å². The van der Waals surface area contributed by atoms with Gasteiger partial charge in [-0.2, -0.15) is 0 Å². The number of oxazole rings is 1. The minimum Gasteiger partial charge on any atom is -0.432 e. The van der Waals surface area contributed by atoms with Gasteiger partial charge in [0.05, 0.1) is 0 Å². The maximum absolute atomic E-state index is 11.3. The second kappa shape index (κ2) is 4.33. The van der Waals surface area contributed by atoms with E-state index in [0.29, 0.717) is 11.1 Å². The number of hydrogen-bond donors (Lipinski definition) is 1. The fourth-order valence-electron chi connectivity index (χ4n) is 2.13. The summed E-state index contributed by atoms with van der Waals surface area (Å²) < 4.78 is 5.57. The molecule has 0 saturated heterocycles. The quantitative estimate of drug-likeness (QED) is 0.865. The molecule has 1 heterocycles. The van der Waals surface area contributed by atoms with Gasteiger partial charge < -0.3 is 10.2 Å². The Morgan fingerprint density at radius 2 is 1.70 bits per heavy atom. The molecule has 2 rings (SSSR count). The van der Waals surface area contributed by atoms with Gasteiger partial charge >= 0.3 is 5.91 Å². The van der Waals surface area contributed by atoms with Crippen molar-refractivity contribution in [2.75, 3.05) is 0 Å². The van der Waals surface area contributed by atoms with E-state index >= 15 is 0 Å². The number of hydrogen-bond acceptors (Lipinski definition) is 3. The van der Waals surface area contributed by atoms with Gasteiger partial charge in [-0.3, -0.25) is 4.79 Å². The van der Waals surface area contributed by atoms with Crippen molar-refractivity contribution in [2.24, 2.45) is 5.73 Å². The van der Waals surface area contributed by atoms with E-state index in [1.165, 1.54) is 5.56 Å². The minimum atomic E-state index is -0.640. The van der Waals surface area contributed by atoms with Crippen molar-refractivity contribution < 1.29 is 9.21 Å². The summed E-state index contributed by atoms with van der Waals surface area (Å²) in [6.45, 7) is 12.8. The highest BCUT2D eigenvalue weighted by molar-refractivity contribution is 5.92. The predicted molar refractivity (Wildman–Crippen MR) is 79.9 cm³/mol. The summed E-state index contributed by atoms with van der Waals surface area (Å²) >= 11 is 0. The number of primary amides is 1. The largest absolute Gasteiger partial charge is 0.432 e. The highest BCUT2D eigenvalue weighted by Gasteiger charge is 2.25. The summed E-state index contributed by atoms with van der Waals surface area (Å²) in [4.78, 5) is 15.5. The molecule has 0 saturated carbocycles. The molecule has 4 nitrogen and oxygen atoms in total. The summed E-state index contributed by atoms with van der Waals surface area (Å²) in [6, 6.07) is 4.11. The summed E-state index contributed by atoms with van der Waals surface area (Å²) in [7, 11) is 0. The van der Waals surface area contributed by atoms with Crippen LogP contribution in [0.25, 0.3) is 11.1 Å². The van der Waals surface area contributed by atoms with Gasteiger partial charge in [-0.15, -0.1) is 0 Å². The lowest BCUT2D eigenvalue weighted by Crippen LogP contribution is -2.16. The minimum absolute atomic E-state index is 0.0000267. The van der Waals surface area contributed by atoms with Crippen LogP contribution in [0.4, 0.5) is 0 Å². The molecule has 0 aliphatic heterocycles. The van der Waals surface area contributed by atoms with E-state index in [1.807, 2.05) is 6.07 Å². The van der Waals surface area contributed by atoms with Gasteiger partial charge in [0.1, 0.15) is 5.52 Å². The fraction of sp³-hybridized carbons (Fsp3) is 0.500. The van der Waals surface area contributed by atoms with Crippen molar-refractivity contribution >= 4 is 17.0 Å². The molecule has 1 aromatic carbocycles. The molecule has 0 atom stereocenters. The third-order valence-corrected chi connectivity index (χ3v) is 3.37. The van der Waals surface area contributed by atoms with Gasteiger partial charge in [-0.1, -0.05) is 47.6 Å². The maximum Gasteiger partial charge on any atom is 0.304 e. The summed E-state index contributed by atoms with van der Waals surface area (Å²) in [5, 5.41) is 0. The molecule has 4 heteroatoms. The van der Waals surface area contributed by atoms with Gasteiger partial charge in [0.15, 0.2) is 5.58 Å². The van der Waals surface area contributed by atoms with E-state index < -0.39 is 5.91 Å². The molecule has 2 N–H and O–H groups in total. The average Bonchev–Trinajstić information content (AvgIpc) is 2.68. The first-order valence-corrected chi connectivity index (χ1v) is 6.75. The Morgan fingerprint density at radius 3 is 2.15 bits per heavy atom. The number of carbonyl (C=O) groups excluding carboxylic acids is 1. The number of carbonyl (C=O) groups is 1. The lowest BCUT2D eigenvalue weighted by molar-refractivity contribution is 0.0969. The van der Waals surface area contributed by atoms with Crippen LogP contribution in [-0.2, 0) is 10.8 Å². The van der Waals surface area contributed by atoms with Gasteiger partial charge in [0.2, 0.25) is 0 Å². The number of rotatable bonds is 1. The van der Waals surface area contributed by atoms with Gasteiger partial charge in [0, 0.05) is 5.56 Å². The van der Waals surface area contributed by atoms with Gasteiger partial charge in [-0.25, -0.2) is 4.98 Å². The molecule has 1 amide bonds. The first-order valence-electron chi connectivity index (χ1n) is 6.75. The Hall–Kier alpha value is -1.84. The first-order chi connectivity index (χ1) is 9.00. The highest BCUT2D eigenvalue weighted by Crippen LogP contribution is 2.35. The van der Waals surface area contributed by atoms with E-state index in [2.05, 4.69) is 52.6 Å². The number of benzene rings is 1. The van der Waals surface area contributed by atoms with Crippen LogP contribution in [0.2, 0.25) is 0 Å². The average molecular weight is 274 g/mol. The Labute approximate surface area is 119 Å². The molecule has 2 aromatic rings. The van der Waals surface area contributed by atoms with E-state index in [1.54, 1.807) is 0 Å². The monoisotopic (exact) mass is 274 g/mol. The number of nitrogens with two attached hydrogens (primary N) is 1. The summed E-state index contributed by atoms with van der Waals surface area (Å²) in [6.07, 6.45) is 0. The van der Waals surface area contributed by atoms with Crippen molar-refractivity contribution in [1.29, 1.82) is 0 Å². The van der Waals surface area contributed by atoms with Crippen LogP contribution in [0, 0.1) is 0 Å². The van der Waals surface area contributed by atoms with Crippen LogP contribution < -0.4 is 5.73 Å². The van der Waals surface area contributed by atoms with Crippen molar-refractivity contribution in [2.45, 2.75) is 52.4 Å². The zero-order valence-electron chi connectivity index (χ0n) is 13.0. The molecule has 108 valence electrons. The molecule has 20 heavy (non-hydrogen) atoms. The number of aromatic nitrogens is 1. The molecular weight excluding hydrogens is 252 g/mol. The standard InChI is InChI=1S/C16H22N2O2/c1-15(2,3)9-7-10(16(4,5)6)12-11(8-9)18-14(20-12)13(17)19/h7-8H,1-6H3,(H2,17,19). The van der Waals surface area contributed by atoms with Crippen LogP contribution in [0.1, 0.15) is 63.4 Å². The third-order valence-electron chi connectivity index (χ3n) is 3.37. The zero-order chi connectivity index (χ0) is 15.3. The van der Waals surface area contributed by atoms with Crippen LogP contribution in [0.5, 0.6) is 0 Å². The van der Waals surface area contributed by atoms with Gasteiger partial charge in [-0.05, 0) is 22.5 Å².